The van der Waals surface area contributed by atoms with Crippen molar-refractivity contribution in [2.75, 3.05) is 13.2 Å². The summed E-state index contributed by atoms with van der Waals surface area (Å²) in [5.74, 6) is -0.857. The van der Waals surface area contributed by atoms with Crippen LogP contribution in [0.4, 0.5) is 20.2 Å². The Kier molecular flexibility index (Phi) is 24.1. The van der Waals surface area contributed by atoms with Crippen LogP contribution in [0.3, 0.4) is 0 Å². The van der Waals surface area contributed by atoms with Crippen LogP contribution >= 0.6 is 0 Å². The summed E-state index contributed by atoms with van der Waals surface area (Å²) < 4.78 is 52.3. The van der Waals surface area contributed by atoms with Crippen LogP contribution in [0.25, 0.3) is 0 Å². The first-order valence-electron chi connectivity index (χ1n) is 25.0. The largest absolute Gasteiger partial charge is 0.493 e. The van der Waals surface area contributed by atoms with E-state index in [1.807, 2.05) is 0 Å². The summed E-state index contributed by atoms with van der Waals surface area (Å²) in [5, 5.41) is 0. The van der Waals surface area contributed by atoms with Crippen molar-refractivity contribution in [3.05, 3.63) is 143 Å². The van der Waals surface area contributed by atoms with Crippen molar-refractivity contribution in [2.24, 2.45) is 9.98 Å². The van der Waals surface area contributed by atoms with E-state index in [0.29, 0.717) is 35.8 Å². The molecule has 0 aromatic heterocycles. The monoisotopic (exact) mass is 929 g/mol. The van der Waals surface area contributed by atoms with E-state index in [0.717, 1.165) is 25.7 Å². The van der Waals surface area contributed by atoms with E-state index in [4.69, 9.17) is 18.9 Å². The van der Waals surface area contributed by atoms with Gasteiger partial charge in [0, 0.05) is 30.6 Å². The molecule has 0 N–H and O–H groups in total. The third-order valence-electron chi connectivity index (χ3n) is 11.6. The van der Waals surface area contributed by atoms with E-state index in [2.05, 4.69) is 23.8 Å². The van der Waals surface area contributed by atoms with Crippen molar-refractivity contribution in [1.29, 1.82) is 0 Å². The molecule has 0 aliphatic heterocycles. The van der Waals surface area contributed by atoms with E-state index in [1.165, 1.54) is 133 Å². The smallest absolute Gasteiger partial charge is 0.343 e. The number of carbonyl (C=O) groups is 2. The highest BCUT2D eigenvalue weighted by atomic mass is 19.1. The topological polar surface area (TPSA) is 95.8 Å². The molecular weight excluding hydrogens is 859 g/mol. The number of ether oxygens (including phenoxy) is 4. The molecule has 5 aromatic rings. The Morgan fingerprint density at radius 2 is 0.779 bits per heavy atom. The number of aliphatic imine (C=N–C) groups is 2. The van der Waals surface area contributed by atoms with Crippen molar-refractivity contribution in [2.45, 2.75) is 142 Å². The van der Waals surface area contributed by atoms with E-state index >= 15 is 0 Å². The number of nitrogens with zero attached hydrogens (tertiary/aromatic N) is 2. The molecule has 0 unspecified atom stereocenters. The molecule has 0 aliphatic rings. The molecule has 0 heterocycles. The van der Waals surface area contributed by atoms with Gasteiger partial charge in [0.15, 0.2) is 11.6 Å². The van der Waals surface area contributed by atoms with Crippen LogP contribution in [-0.2, 0) is 0 Å². The molecule has 0 radical (unpaired) electrons. The Morgan fingerprint density at radius 3 is 1.13 bits per heavy atom. The molecule has 0 fully saturated rings. The normalized spacial score (nSPS) is 11.4. The molecule has 0 spiro atoms. The Morgan fingerprint density at radius 1 is 0.426 bits per heavy atom. The molecule has 5 aromatic carbocycles. The summed E-state index contributed by atoms with van der Waals surface area (Å²) in [4.78, 5) is 34.6. The van der Waals surface area contributed by atoms with Gasteiger partial charge in [0.05, 0.1) is 35.7 Å². The molecule has 0 saturated carbocycles. The molecule has 0 atom stereocenters. The molecule has 68 heavy (non-hydrogen) atoms. The molecule has 362 valence electrons. The van der Waals surface area contributed by atoms with Crippen LogP contribution in [0.1, 0.15) is 174 Å². The zero-order valence-corrected chi connectivity index (χ0v) is 40.2. The second-order valence-corrected chi connectivity index (χ2v) is 17.3. The quantitative estimate of drug-likeness (QED) is 0.0184. The van der Waals surface area contributed by atoms with Crippen molar-refractivity contribution in [3.8, 4) is 23.0 Å². The van der Waals surface area contributed by atoms with Crippen LogP contribution in [0.15, 0.2) is 119 Å². The number of benzene rings is 5. The summed E-state index contributed by atoms with van der Waals surface area (Å²) in [5.41, 5.74) is 2.25. The van der Waals surface area contributed by atoms with Gasteiger partial charge >= 0.3 is 11.9 Å². The summed E-state index contributed by atoms with van der Waals surface area (Å²) in [6.45, 7) is 5.58. The first-order valence-corrected chi connectivity index (χ1v) is 25.0. The number of esters is 2. The maximum atomic E-state index is 14.8. The fourth-order valence-electron chi connectivity index (χ4n) is 7.56. The summed E-state index contributed by atoms with van der Waals surface area (Å²) in [6.07, 6.45) is 27.9. The van der Waals surface area contributed by atoms with Gasteiger partial charge in [0.1, 0.15) is 23.0 Å². The molecule has 0 bridgehead atoms. The standard InChI is InChI=1S/C58H70F2N2O6/c1-3-5-7-9-11-13-15-17-19-21-38-65-49-34-36-55(53(59)41-49)61-43-45-26-30-47(31-27-45)57(63)67-51-24-23-25-52(40-51)68-58(64)48-32-28-46(29-33-48)44-62-56-37-35-50(42-54(56)60)66-39-22-20-18-16-14-12-10-8-6-4-2/h23-37,40-44H,3-22,38-39H2,1-2H3. The van der Waals surface area contributed by atoms with Gasteiger partial charge in [0.25, 0.3) is 0 Å². The van der Waals surface area contributed by atoms with E-state index < -0.39 is 23.6 Å². The molecule has 10 heteroatoms. The van der Waals surface area contributed by atoms with Crippen LogP contribution in [0.5, 0.6) is 23.0 Å². The lowest BCUT2D eigenvalue weighted by Crippen LogP contribution is -2.10. The Bertz CT molecular complexity index is 2150. The van der Waals surface area contributed by atoms with E-state index in [9.17, 15) is 18.4 Å². The van der Waals surface area contributed by atoms with Gasteiger partial charge in [-0.15, -0.1) is 0 Å². The zero-order chi connectivity index (χ0) is 48.0. The van der Waals surface area contributed by atoms with Gasteiger partial charge in [-0.1, -0.05) is 160 Å². The van der Waals surface area contributed by atoms with Gasteiger partial charge in [-0.25, -0.2) is 18.4 Å². The summed E-state index contributed by atoms with van der Waals surface area (Å²) in [7, 11) is 0. The van der Waals surface area contributed by atoms with Crippen molar-refractivity contribution < 1.29 is 37.3 Å². The van der Waals surface area contributed by atoms with Crippen LogP contribution < -0.4 is 18.9 Å². The molecule has 0 aliphatic carbocycles. The SMILES string of the molecule is CCCCCCCCCCCCOc1ccc(N=Cc2ccc(C(=O)Oc3cccc(OC(=O)c4ccc(C=Nc5ccc(OCCCCCCCCCCCC)cc5F)cc4)c3)cc2)c(F)c1. The van der Waals surface area contributed by atoms with Crippen molar-refractivity contribution in [3.63, 3.8) is 0 Å². The third-order valence-corrected chi connectivity index (χ3v) is 11.6. The minimum absolute atomic E-state index is 0.179. The molecule has 8 nitrogen and oxygen atoms in total. The first kappa shape index (κ1) is 52.8. The van der Waals surface area contributed by atoms with E-state index in [-0.39, 0.29) is 34.0 Å². The predicted molar refractivity (Wildman–Crippen MR) is 271 cm³/mol. The lowest BCUT2D eigenvalue weighted by molar-refractivity contribution is 0.0732. The fourth-order valence-corrected chi connectivity index (χ4v) is 7.56. The van der Waals surface area contributed by atoms with Gasteiger partial charge in [-0.2, -0.15) is 0 Å². The number of unbranched alkanes of at least 4 members (excludes halogenated alkanes) is 18. The maximum absolute atomic E-state index is 14.8. The summed E-state index contributed by atoms with van der Waals surface area (Å²) >= 11 is 0. The highest BCUT2D eigenvalue weighted by Gasteiger charge is 2.13. The average Bonchev–Trinajstić information content (AvgIpc) is 3.34. The number of carbonyl (C=O) groups excluding carboxylic acids is 2. The van der Waals surface area contributed by atoms with Crippen molar-refractivity contribution in [1.82, 2.24) is 0 Å². The lowest BCUT2D eigenvalue weighted by Gasteiger charge is -2.08. The Hall–Kier alpha value is -6.16. The number of hydrogen-bond acceptors (Lipinski definition) is 8. The number of halogens is 2. The van der Waals surface area contributed by atoms with Crippen LogP contribution in [0.2, 0.25) is 0 Å². The first-order chi connectivity index (χ1) is 33.3. The second-order valence-electron chi connectivity index (χ2n) is 17.3. The predicted octanol–water partition coefficient (Wildman–Crippen LogP) is 16.5. The van der Waals surface area contributed by atoms with Gasteiger partial charge < -0.3 is 18.9 Å². The highest BCUT2D eigenvalue weighted by molar-refractivity contribution is 5.93. The minimum Gasteiger partial charge on any atom is -0.493 e. The molecule has 0 amide bonds. The lowest BCUT2D eigenvalue weighted by atomic mass is 10.1. The average molecular weight is 929 g/mol. The second kappa shape index (κ2) is 31.0. The maximum Gasteiger partial charge on any atom is 0.343 e. The zero-order valence-electron chi connectivity index (χ0n) is 40.2. The number of rotatable bonds is 32. The summed E-state index contributed by atoms with van der Waals surface area (Å²) in [6, 6.07) is 28.6. The van der Waals surface area contributed by atoms with Crippen LogP contribution in [-0.4, -0.2) is 37.6 Å². The van der Waals surface area contributed by atoms with Gasteiger partial charge in [-0.05, 0) is 84.6 Å². The van der Waals surface area contributed by atoms with Gasteiger partial charge in [0.2, 0.25) is 0 Å². The Balaban J connectivity index is 0.999. The third kappa shape index (κ3) is 20.0. The molecule has 5 rings (SSSR count). The van der Waals surface area contributed by atoms with Crippen molar-refractivity contribution >= 4 is 35.7 Å². The fraction of sp³-hybridized carbons (Fsp3) is 0.414. The molecular formula is C58H70F2N2O6. The highest BCUT2D eigenvalue weighted by Crippen LogP contribution is 2.26. The molecule has 0 saturated heterocycles. The van der Waals surface area contributed by atoms with Crippen LogP contribution in [0, 0.1) is 11.6 Å². The minimum atomic E-state index is -0.614. The van der Waals surface area contributed by atoms with Gasteiger partial charge in [-0.3, -0.25) is 9.98 Å². The Labute approximate surface area is 403 Å². The number of hydrogen-bond donors (Lipinski definition) is 0. The van der Waals surface area contributed by atoms with E-state index in [1.54, 1.807) is 91.0 Å².